The summed E-state index contributed by atoms with van der Waals surface area (Å²) in [5, 5.41) is 12.3. The summed E-state index contributed by atoms with van der Waals surface area (Å²) in [7, 11) is 0. The molecule has 1 aromatic heterocycles. The van der Waals surface area contributed by atoms with Gasteiger partial charge in [-0.3, -0.25) is 0 Å². The third kappa shape index (κ3) is 4.70. The first-order valence-corrected chi connectivity index (χ1v) is 8.33. The number of carbonyl (C=O) groups excluding carboxylic acids is 1. The van der Waals surface area contributed by atoms with Crippen molar-refractivity contribution in [3.05, 3.63) is 59.8 Å². The van der Waals surface area contributed by atoms with Gasteiger partial charge in [-0.2, -0.15) is 5.26 Å². The van der Waals surface area contributed by atoms with Crippen LogP contribution in [0, 0.1) is 11.3 Å². The molecule has 128 valence electrons. The van der Waals surface area contributed by atoms with Crippen LogP contribution in [0.2, 0.25) is 0 Å². The minimum atomic E-state index is -0.297. The van der Waals surface area contributed by atoms with Crippen molar-refractivity contribution in [3.8, 4) is 6.07 Å². The van der Waals surface area contributed by atoms with Crippen LogP contribution in [0.1, 0.15) is 24.0 Å². The number of ether oxygens (including phenoxy) is 1. The summed E-state index contributed by atoms with van der Waals surface area (Å²) in [5.41, 5.74) is 1.53. The Morgan fingerprint density at radius 1 is 1.36 bits per heavy atom. The number of nitriles is 1. The second-order valence-corrected chi connectivity index (χ2v) is 6.01. The molecular formula is C19H20N4O2. The normalized spacial score (nSPS) is 16.8. The fourth-order valence-electron chi connectivity index (χ4n) is 2.86. The van der Waals surface area contributed by atoms with E-state index in [2.05, 4.69) is 16.4 Å². The maximum atomic E-state index is 12.3. The summed E-state index contributed by atoms with van der Waals surface area (Å²) in [6.07, 6.45) is 3.15. The van der Waals surface area contributed by atoms with E-state index >= 15 is 0 Å². The number of hydrogen-bond acceptors (Lipinski definition) is 5. The molecule has 1 atom stereocenters. The molecule has 1 amide bonds. The number of likely N-dealkylation sites (tertiary alicyclic amines) is 1. The van der Waals surface area contributed by atoms with Gasteiger partial charge in [0, 0.05) is 25.3 Å². The standard InChI is InChI=1S/C19H20N4O2/c20-12-16-8-9-21-18(11-16)22-17-7-4-10-23(13-17)19(24)25-14-15-5-2-1-3-6-15/h1-3,5-6,8-9,11,17H,4,7,10,13-14H2,(H,21,22)/t17-/m1/s1. The topological polar surface area (TPSA) is 78.3 Å². The highest BCUT2D eigenvalue weighted by Gasteiger charge is 2.24. The SMILES string of the molecule is N#Cc1ccnc(N[C@@H]2CCCN(C(=O)OCc3ccccc3)C2)c1. The summed E-state index contributed by atoms with van der Waals surface area (Å²) in [4.78, 5) is 18.2. The van der Waals surface area contributed by atoms with Crippen molar-refractivity contribution in [2.75, 3.05) is 18.4 Å². The van der Waals surface area contributed by atoms with E-state index in [1.54, 1.807) is 23.2 Å². The first-order chi connectivity index (χ1) is 12.2. The van der Waals surface area contributed by atoms with Gasteiger partial charge in [0.1, 0.15) is 12.4 Å². The molecule has 1 aromatic carbocycles. The zero-order valence-corrected chi connectivity index (χ0v) is 13.9. The van der Waals surface area contributed by atoms with Crippen LogP contribution in [-0.4, -0.2) is 35.1 Å². The van der Waals surface area contributed by atoms with Crippen LogP contribution in [0.3, 0.4) is 0 Å². The van der Waals surface area contributed by atoms with Gasteiger partial charge in [0.2, 0.25) is 0 Å². The number of benzene rings is 1. The lowest BCUT2D eigenvalue weighted by molar-refractivity contribution is 0.0874. The van der Waals surface area contributed by atoms with E-state index in [0.29, 0.717) is 24.5 Å². The number of pyridine rings is 1. The fourth-order valence-corrected chi connectivity index (χ4v) is 2.86. The average molecular weight is 336 g/mol. The zero-order valence-electron chi connectivity index (χ0n) is 13.9. The third-order valence-corrected chi connectivity index (χ3v) is 4.13. The van der Waals surface area contributed by atoms with Crippen LogP contribution in [0.4, 0.5) is 10.6 Å². The second kappa shape index (κ2) is 8.15. The van der Waals surface area contributed by atoms with Gasteiger partial charge in [-0.1, -0.05) is 30.3 Å². The maximum Gasteiger partial charge on any atom is 0.410 e. The molecule has 1 saturated heterocycles. The third-order valence-electron chi connectivity index (χ3n) is 4.13. The fraction of sp³-hybridized carbons (Fsp3) is 0.316. The molecule has 1 aliphatic heterocycles. The van der Waals surface area contributed by atoms with Crippen molar-refractivity contribution in [2.24, 2.45) is 0 Å². The molecule has 1 aliphatic rings. The van der Waals surface area contributed by atoms with E-state index in [0.717, 1.165) is 18.4 Å². The highest BCUT2D eigenvalue weighted by molar-refractivity contribution is 5.68. The van der Waals surface area contributed by atoms with Crippen LogP contribution in [-0.2, 0) is 11.3 Å². The predicted molar refractivity (Wildman–Crippen MR) is 93.8 cm³/mol. The monoisotopic (exact) mass is 336 g/mol. The average Bonchev–Trinajstić information content (AvgIpc) is 2.67. The van der Waals surface area contributed by atoms with Crippen molar-refractivity contribution in [2.45, 2.75) is 25.5 Å². The van der Waals surface area contributed by atoms with E-state index in [1.807, 2.05) is 30.3 Å². The summed E-state index contributed by atoms with van der Waals surface area (Å²) in [5.74, 6) is 0.656. The Balaban J connectivity index is 1.53. The number of rotatable bonds is 4. The zero-order chi connectivity index (χ0) is 17.5. The van der Waals surface area contributed by atoms with Crippen molar-refractivity contribution >= 4 is 11.9 Å². The summed E-state index contributed by atoms with van der Waals surface area (Å²) >= 11 is 0. The number of amides is 1. The van der Waals surface area contributed by atoms with E-state index < -0.39 is 0 Å². The van der Waals surface area contributed by atoms with Gasteiger partial charge in [0.25, 0.3) is 0 Å². The lowest BCUT2D eigenvalue weighted by Crippen LogP contribution is -2.45. The van der Waals surface area contributed by atoms with E-state index in [4.69, 9.17) is 10.00 Å². The Morgan fingerprint density at radius 2 is 2.20 bits per heavy atom. The number of piperidine rings is 1. The lowest BCUT2D eigenvalue weighted by atomic mass is 10.1. The number of nitrogens with one attached hydrogen (secondary N) is 1. The molecule has 0 bridgehead atoms. The van der Waals surface area contributed by atoms with Gasteiger partial charge in [0.15, 0.2) is 0 Å². The largest absolute Gasteiger partial charge is 0.445 e. The van der Waals surface area contributed by atoms with Gasteiger partial charge in [-0.05, 0) is 30.5 Å². The first-order valence-electron chi connectivity index (χ1n) is 8.33. The number of nitrogens with zero attached hydrogens (tertiary/aromatic N) is 3. The Bertz CT molecular complexity index is 758. The summed E-state index contributed by atoms with van der Waals surface area (Å²) in [6, 6.07) is 15.2. The number of anilines is 1. The molecule has 0 unspecified atom stereocenters. The van der Waals surface area contributed by atoms with Crippen LogP contribution in [0.15, 0.2) is 48.7 Å². The van der Waals surface area contributed by atoms with Crippen molar-refractivity contribution in [3.63, 3.8) is 0 Å². The number of carbonyl (C=O) groups is 1. The van der Waals surface area contributed by atoms with Crippen molar-refractivity contribution in [1.82, 2.24) is 9.88 Å². The molecule has 25 heavy (non-hydrogen) atoms. The molecule has 2 heterocycles. The van der Waals surface area contributed by atoms with Gasteiger partial charge >= 0.3 is 6.09 Å². The molecule has 2 aromatic rings. The molecule has 6 heteroatoms. The summed E-state index contributed by atoms with van der Waals surface area (Å²) < 4.78 is 5.40. The minimum absolute atomic E-state index is 0.0967. The highest BCUT2D eigenvalue weighted by atomic mass is 16.6. The van der Waals surface area contributed by atoms with Crippen LogP contribution < -0.4 is 5.32 Å². The molecule has 1 N–H and O–H groups in total. The van der Waals surface area contributed by atoms with E-state index in [-0.39, 0.29) is 18.7 Å². The predicted octanol–water partition coefficient (Wildman–Crippen LogP) is 3.17. The van der Waals surface area contributed by atoms with Crippen LogP contribution in [0.5, 0.6) is 0 Å². The van der Waals surface area contributed by atoms with E-state index in [9.17, 15) is 4.79 Å². The van der Waals surface area contributed by atoms with Gasteiger partial charge < -0.3 is 15.0 Å². The second-order valence-electron chi connectivity index (χ2n) is 6.01. The number of aromatic nitrogens is 1. The van der Waals surface area contributed by atoms with Crippen molar-refractivity contribution in [1.29, 1.82) is 5.26 Å². The molecule has 6 nitrogen and oxygen atoms in total. The Labute approximate surface area is 147 Å². The van der Waals surface area contributed by atoms with Crippen molar-refractivity contribution < 1.29 is 9.53 Å². The smallest absolute Gasteiger partial charge is 0.410 e. The Morgan fingerprint density at radius 3 is 3.00 bits per heavy atom. The minimum Gasteiger partial charge on any atom is -0.445 e. The molecule has 0 radical (unpaired) electrons. The molecule has 1 fully saturated rings. The molecular weight excluding hydrogens is 316 g/mol. The highest BCUT2D eigenvalue weighted by Crippen LogP contribution is 2.16. The maximum absolute atomic E-state index is 12.3. The van der Waals surface area contributed by atoms with Gasteiger partial charge in [-0.25, -0.2) is 9.78 Å². The van der Waals surface area contributed by atoms with Crippen LogP contribution in [0.25, 0.3) is 0 Å². The van der Waals surface area contributed by atoms with Gasteiger partial charge in [0.05, 0.1) is 11.6 Å². The lowest BCUT2D eigenvalue weighted by Gasteiger charge is -2.32. The van der Waals surface area contributed by atoms with Crippen LogP contribution >= 0.6 is 0 Å². The quantitative estimate of drug-likeness (QED) is 0.928. The van der Waals surface area contributed by atoms with Gasteiger partial charge in [-0.15, -0.1) is 0 Å². The Kier molecular flexibility index (Phi) is 5.47. The molecule has 0 saturated carbocycles. The first kappa shape index (κ1) is 16.8. The molecule has 0 spiro atoms. The number of hydrogen-bond donors (Lipinski definition) is 1. The summed E-state index contributed by atoms with van der Waals surface area (Å²) in [6.45, 7) is 1.53. The Hall–Kier alpha value is -3.07. The molecule has 3 rings (SSSR count). The molecule has 0 aliphatic carbocycles. The van der Waals surface area contributed by atoms with E-state index in [1.165, 1.54) is 0 Å².